The molecule has 1 aliphatic carbocycles. The van der Waals surface area contributed by atoms with Crippen molar-refractivity contribution in [3.05, 3.63) is 58.8 Å². The molecule has 43 heavy (non-hydrogen) atoms. The third kappa shape index (κ3) is 6.87. The van der Waals surface area contributed by atoms with Crippen LogP contribution in [0, 0.1) is 5.92 Å². The normalized spacial score (nSPS) is 16.0. The number of aryl methyl sites for hydroxylation is 1. The van der Waals surface area contributed by atoms with Gasteiger partial charge in [0.2, 0.25) is 15.9 Å². The quantitative estimate of drug-likeness (QED) is 0.284. The molecule has 2 aromatic carbocycles. The van der Waals surface area contributed by atoms with Crippen LogP contribution in [-0.2, 0) is 33.7 Å². The zero-order valence-electron chi connectivity index (χ0n) is 26.6. The van der Waals surface area contributed by atoms with Crippen molar-refractivity contribution in [1.82, 2.24) is 9.47 Å². The molecule has 3 aromatic rings. The molecule has 0 bridgehead atoms. The molecular weight excluding hydrogens is 560 g/mol. The highest BCUT2D eigenvalue weighted by atomic mass is 32.2. The van der Waals surface area contributed by atoms with E-state index >= 15 is 0 Å². The smallest absolute Gasteiger partial charge is 0.229 e. The topological polar surface area (TPSA) is 92.7 Å². The second kappa shape index (κ2) is 11.9. The summed E-state index contributed by atoms with van der Waals surface area (Å²) in [5.41, 5.74) is 7.98. The first-order valence-electron chi connectivity index (χ1n) is 15.3. The van der Waals surface area contributed by atoms with E-state index in [1.54, 1.807) is 7.11 Å². The third-order valence-corrected chi connectivity index (χ3v) is 9.33. The van der Waals surface area contributed by atoms with E-state index in [1.807, 2.05) is 17.9 Å². The van der Waals surface area contributed by atoms with Crippen LogP contribution >= 0.6 is 0 Å². The highest BCUT2D eigenvalue weighted by molar-refractivity contribution is 7.92. The minimum absolute atomic E-state index is 0.210. The Balaban J connectivity index is 1.50. The number of nitrogens with zero attached hydrogens (tertiary/aromatic N) is 2. The van der Waals surface area contributed by atoms with Crippen molar-refractivity contribution in [3.8, 4) is 5.75 Å². The number of ether oxygens (including phenoxy) is 1. The Morgan fingerprint density at radius 3 is 2.33 bits per heavy atom. The van der Waals surface area contributed by atoms with E-state index < -0.39 is 10.0 Å². The molecule has 8 nitrogen and oxygen atoms in total. The number of benzene rings is 2. The predicted molar refractivity (Wildman–Crippen MR) is 176 cm³/mol. The number of hydrogen-bond donors (Lipinski definition) is 2. The summed E-state index contributed by atoms with van der Waals surface area (Å²) in [6.07, 6.45) is 6.81. The van der Waals surface area contributed by atoms with E-state index in [0.29, 0.717) is 23.8 Å². The van der Waals surface area contributed by atoms with Gasteiger partial charge in [0.05, 0.1) is 41.6 Å². The number of likely N-dealkylation sites (tertiary alicyclic amines) is 1. The highest BCUT2D eigenvalue weighted by Crippen LogP contribution is 2.44. The van der Waals surface area contributed by atoms with E-state index in [1.165, 1.54) is 22.0 Å². The van der Waals surface area contributed by atoms with Gasteiger partial charge in [-0.05, 0) is 78.3 Å². The molecule has 2 heterocycles. The molecular formula is C34H46N4O4S. The number of allylic oxidation sites excluding steroid dienone is 1. The molecule has 5 rings (SSSR count). The molecule has 1 saturated carbocycles. The zero-order valence-corrected chi connectivity index (χ0v) is 27.5. The number of nitrogens with one attached hydrogen (secondary N) is 2. The van der Waals surface area contributed by atoms with Gasteiger partial charge in [0.15, 0.2) is 5.75 Å². The fraction of sp³-hybridized carbons (Fsp3) is 0.500. The Bertz CT molecular complexity index is 1670. The molecule has 0 radical (unpaired) electrons. The molecule has 9 heteroatoms. The van der Waals surface area contributed by atoms with Crippen LogP contribution in [-0.4, -0.2) is 50.2 Å². The van der Waals surface area contributed by atoms with Crippen molar-refractivity contribution in [2.75, 3.05) is 36.5 Å². The Morgan fingerprint density at radius 2 is 1.74 bits per heavy atom. The summed E-state index contributed by atoms with van der Waals surface area (Å²) in [6.45, 7) is 9.96. The summed E-state index contributed by atoms with van der Waals surface area (Å²) >= 11 is 0. The van der Waals surface area contributed by atoms with Crippen LogP contribution < -0.4 is 14.8 Å². The Kier molecular flexibility index (Phi) is 8.58. The van der Waals surface area contributed by atoms with Crippen LogP contribution in [0.4, 0.5) is 11.4 Å². The average molecular weight is 607 g/mol. The maximum Gasteiger partial charge on any atom is 0.229 e. The lowest BCUT2D eigenvalue weighted by atomic mass is 9.86. The van der Waals surface area contributed by atoms with Crippen LogP contribution in [0.1, 0.15) is 76.6 Å². The molecule has 1 aliphatic heterocycles. The van der Waals surface area contributed by atoms with Gasteiger partial charge in [-0.15, -0.1) is 0 Å². The minimum atomic E-state index is -3.52. The van der Waals surface area contributed by atoms with E-state index in [0.717, 1.165) is 74.1 Å². The van der Waals surface area contributed by atoms with Crippen molar-refractivity contribution < 1.29 is 17.9 Å². The molecule has 2 fully saturated rings. The molecule has 2 N–H and O–H groups in total. The zero-order chi connectivity index (χ0) is 31.1. The van der Waals surface area contributed by atoms with Crippen LogP contribution in [0.25, 0.3) is 16.6 Å². The van der Waals surface area contributed by atoms with Gasteiger partial charge < -0.3 is 19.5 Å². The van der Waals surface area contributed by atoms with Crippen LogP contribution in [0.3, 0.4) is 0 Å². The van der Waals surface area contributed by atoms with Gasteiger partial charge in [0.25, 0.3) is 0 Å². The second-order valence-corrected chi connectivity index (χ2v) is 14.9. The van der Waals surface area contributed by atoms with Gasteiger partial charge in [0.1, 0.15) is 0 Å². The van der Waals surface area contributed by atoms with Crippen molar-refractivity contribution in [2.24, 2.45) is 13.0 Å². The number of methoxy groups -OCH3 is 1. The van der Waals surface area contributed by atoms with Gasteiger partial charge >= 0.3 is 0 Å². The monoisotopic (exact) mass is 606 g/mol. The van der Waals surface area contributed by atoms with Crippen molar-refractivity contribution in [3.63, 3.8) is 0 Å². The number of piperidine rings is 1. The number of anilines is 2. The third-order valence-electron chi connectivity index (χ3n) is 8.74. The van der Waals surface area contributed by atoms with E-state index in [4.69, 9.17) is 4.74 Å². The summed E-state index contributed by atoms with van der Waals surface area (Å²) in [5.74, 6) is 1.27. The molecule has 232 valence electrons. The van der Waals surface area contributed by atoms with Crippen molar-refractivity contribution >= 4 is 43.9 Å². The molecule has 0 unspecified atom stereocenters. The van der Waals surface area contributed by atoms with Gasteiger partial charge in [-0.25, -0.2) is 8.42 Å². The molecule has 2 aliphatic rings. The standard InChI is InChI=1S/C34H46N4O4S/c1-8-30(39)38-16-14-22(15-17-38)18-24-10-9-11-25-19-29(37(5)32(24)25)31(23-12-13-23)35-27-20-26(34(2,3)4)21-28(33(27)42-6)36-43(7,40)41/h9-11,19-22,35-36H,8,12-18H2,1-7H3. The van der Waals surface area contributed by atoms with Gasteiger partial charge in [-0.3, -0.25) is 9.52 Å². The number of carbonyl (C=O) groups excluding carboxylic acids is 1. The molecule has 1 amide bonds. The largest absolute Gasteiger partial charge is 0.492 e. The lowest BCUT2D eigenvalue weighted by Crippen LogP contribution is -2.38. The number of rotatable bonds is 9. The Labute approximate surface area is 256 Å². The van der Waals surface area contributed by atoms with Gasteiger partial charge in [-0.2, -0.15) is 0 Å². The number of sulfonamides is 1. The molecule has 0 atom stereocenters. The first-order chi connectivity index (χ1) is 20.3. The lowest BCUT2D eigenvalue weighted by molar-refractivity contribution is -0.132. The average Bonchev–Trinajstić information content (AvgIpc) is 3.73. The van der Waals surface area contributed by atoms with Gasteiger partial charge in [0, 0.05) is 31.9 Å². The summed E-state index contributed by atoms with van der Waals surface area (Å²) in [5, 5.41) is 4.90. The minimum Gasteiger partial charge on any atom is -0.492 e. The summed E-state index contributed by atoms with van der Waals surface area (Å²) in [7, 11) is 0.186. The van der Waals surface area contributed by atoms with E-state index in [-0.39, 0.29) is 11.3 Å². The Hall–Kier alpha value is -3.46. The van der Waals surface area contributed by atoms with E-state index in [9.17, 15) is 13.2 Å². The first-order valence-corrected chi connectivity index (χ1v) is 17.2. The molecule has 0 spiro atoms. The number of para-hydroxylation sites is 1. The highest BCUT2D eigenvalue weighted by Gasteiger charge is 2.27. The maximum atomic E-state index is 12.3. The van der Waals surface area contributed by atoms with Crippen LogP contribution in [0.5, 0.6) is 5.75 Å². The van der Waals surface area contributed by atoms with Gasteiger partial charge in [-0.1, -0.05) is 45.9 Å². The fourth-order valence-corrected chi connectivity index (χ4v) is 6.81. The second-order valence-electron chi connectivity index (χ2n) is 13.2. The Morgan fingerprint density at radius 1 is 1.07 bits per heavy atom. The van der Waals surface area contributed by atoms with Crippen LogP contribution in [0.2, 0.25) is 0 Å². The number of aromatic nitrogens is 1. The fourth-order valence-electron chi connectivity index (χ4n) is 6.26. The molecule has 1 saturated heterocycles. The van der Waals surface area contributed by atoms with E-state index in [2.05, 4.69) is 72.8 Å². The molecule has 1 aromatic heterocycles. The van der Waals surface area contributed by atoms with Crippen molar-refractivity contribution in [1.29, 1.82) is 0 Å². The lowest BCUT2D eigenvalue weighted by Gasteiger charge is -2.32. The summed E-state index contributed by atoms with van der Waals surface area (Å²) in [6, 6.07) is 12.7. The SMILES string of the molecule is CCC(=O)N1CCC(Cc2cccc3cc(C(Nc4cc(C(C)(C)C)cc(NS(C)(=O)=O)c4OC)=C4CC4)n(C)c23)CC1. The van der Waals surface area contributed by atoms with Crippen molar-refractivity contribution in [2.45, 2.75) is 71.6 Å². The number of carbonyl (C=O) groups is 1. The maximum absolute atomic E-state index is 12.3. The number of amides is 1. The number of hydrogen-bond acceptors (Lipinski definition) is 5. The number of fused-ring (bicyclic) bond motifs is 1. The first kappa shape index (κ1) is 31.0. The van der Waals surface area contributed by atoms with Crippen LogP contribution in [0.15, 0.2) is 42.0 Å². The predicted octanol–water partition coefficient (Wildman–Crippen LogP) is 6.66. The summed E-state index contributed by atoms with van der Waals surface area (Å²) < 4.78 is 35.3. The summed E-state index contributed by atoms with van der Waals surface area (Å²) in [4.78, 5) is 14.2.